The molecule has 1 aromatic heterocycles. The molecule has 4 heteroatoms. The van der Waals surface area contributed by atoms with Gasteiger partial charge < -0.3 is 15.6 Å². The number of nitrogen functional groups attached to an aromatic ring is 1. The maximum absolute atomic E-state index is 10.3. The van der Waals surface area contributed by atoms with Gasteiger partial charge in [-0.25, -0.2) is 0 Å². The Morgan fingerprint density at radius 2 is 2.06 bits per heavy atom. The number of benzene rings is 1. The second-order valence-electron chi connectivity index (χ2n) is 4.16. The fraction of sp³-hybridized carbons (Fsp3) is 0.214. The summed E-state index contributed by atoms with van der Waals surface area (Å²) in [5.74, 6) is 0.561. The summed E-state index contributed by atoms with van der Waals surface area (Å²) < 4.78 is 5.23. The Hall–Kier alpha value is -2.07. The standard InChI is InChI=1S/C14H16N2O2/c1-9-5-6-16-12(7-9)14(17)11-4-3-10(15)8-13(11)18-2/h3-8,14,17H,15H2,1-2H3. The average molecular weight is 244 g/mol. The van der Waals surface area contributed by atoms with E-state index in [0.29, 0.717) is 22.7 Å². The largest absolute Gasteiger partial charge is 0.496 e. The molecule has 0 aliphatic rings. The molecule has 0 amide bonds. The second kappa shape index (κ2) is 5.06. The van der Waals surface area contributed by atoms with Crippen molar-refractivity contribution in [3.63, 3.8) is 0 Å². The molecule has 0 aliphatic carbocycles. The van der Waals surface area contributed by atoms with Gasteiger partial charge in [-0.3, -0.25) is 4.98 Å². The normalized spacial score (nSPS) is 12.2. The van der Waals surface area contributed by atoms with Crippen LogP contribution in [0.5, 0.6) is 5.75 Å². The first-order valence-electron chi connectivity index (χ1n) is 5.66. The van der Waals surface area contributed by atoms with Gasteiger partial charge in [0.05, 0.1) is 12.8 Å². The number of nitrogens with two attached hydrogens (primary N) is 1. The lowest BCUT2D eigenvalue weighted by atomic mass is 10.0. The van der Waals surface area contributed by atoms with Crippen molar-refractivity contribution in [1.82, 2.24) is 4.98 Å². The molecule has 1 atom stereocenters. The van der Waals surface area contributed by atoms with Gasteiger partial charge >= 0.3 is 0 Å². The van der Waals surface area contributed by atoms with Crippen molar-refractivity contribution >= 4 is 5.69 Å². The van der Waals surface area contributed by atoms with Crippen molar-refractivity contribution in [3.05, 3.63) is 53.3 Å². The number of ether oxygens (including phenoxy) is 1. The number of aliphatic hydroxyl groups excluding tert-OH is 1. The lowest BCUT2D eigenvalue weighted by molar-refractivity contribution is 0.210. The summed E-state index contributed by atoms with van der Waals surface area (Å²) in [7, 11) is 1.55. The summed E-state index contributed by atoms with van der Waals surface area (Å²) in [5.41, 5.74) is 8.59. The van der Waals surface area contributed by atoms with E-state index in [1.807, 2.05) is 19.1 Å². The Labute approximate surface area is 106 Å². The minimum Gasteiger partial charge on any atom is -0.496 e. The van der Waals surface area contributed by atoms with Crippen molar-refractivity contribution in [2.45, 2.75) is 13.0 Å². The topological polar surface area (TPSA) is 68.4 Å². The van der Waals surface area contributed by atoms with Crippen LogP contribution in [0.15, 0.2) is 36.5 Å². The van der Waals surface area contributed by atoms with Crippen molar-refractivity contribution in [2.75, 3.05) is 12.8 Å². The number of hydrogen-bond donors (Lipinski definition) is 2. The van der Waals surface area contributed by atoms with Gasteiger partial charge in [-0.1, -0.05) is 6.07 Å². The quantitative estimate of drug-likeness (QED) is 0.811. The third-order valence-electron chi connectivity index (χ3n) is 2.77. The van der Waals surface area contributed by atoms with E-state index >= 15 is 0 Å². The summed E-state index contributed by atoms with van der Waals surface area (Å²) in [6.45, 7) is 1.96. The van der Waals surface area contributed by atoms with Crippen molar-refractivity contribution in [1.29, 1.82) is 0 Å². The van der Waals surface area contributed by atoms with E-state index in [1.54, 1.807) is 31.5 Å². The lowest BCUT2D eigenvalue weighted by Gasteiger charge is -2.15. The Balaban J connectivity index is 2.42. The first kappa shape index (κ1) is 12.4. The van der Waals surface area contributed by atoms with Crippen molar-refractivity contribution < 1.29 is 9.84 Å². The lowest BCUT2D eigenvalue weighted by Crippen LogP contribution is -2.05. The first-order valence-corrected chi connectivity index (χ1v) is 5.66. The summed E-state index contributed by atoms with van der Waals surface area (Å²) >= 11 is 0. The fourth-order valence-corrected chi connectivity index (χ4v) is 1.82. The number of aromatic nitrogens is 1. The van der Waals surface area contributed by atoms with Gasteiger partial charge in [0, 0.05) is 23.5 Å². The zero-order chi connectivity index (χ0) is 13.1. The van der Waals surface area contributed by atoms with Crippen molar-refractivity contribution in [2.24, 2.45) is 0 Å². The van der Waals surface area contributed by atoms with Crippen LogP contribution in [0.25, 0.3) is 0 Å². The van der Waals surface area contributed by atoms with E-state index in [2.05, 4.69) is 4.98 Å². The molecule has 0 saturated carbocycles. The Morgan fingerprint density at radius 1 is 1.28 bits per heavy atom. The minimum absolute atomic E-state index is 0.561. The SMILES string of the molecule is COc1cc(N)ccc1C(O)c1cc(C)ccn1. The van der Waals surface area contributed by atoms with Crippen LogP contribution < -0.4 is 10.5 Å². The van der Waals surface area contributed by atoms with Gasteiger partial charge in [0.25, 0.3) is 0 Å². The smallest absolute Gasteiger partial charge is 0.127 e. The predicted octanol–water partition coefficient (Wildman–Crippen LogP) is 2.06. The summed E-state index contributed by atoms with van der Waals surface area (Å²) in [4.78, 5) is 4.18. The molecule has 1 aromatic carbocycles. The molecule has 0 saturated heterocycles. The highest BCUT2D eigenvalue weighted by Crippen LogP contribution is 2.30. The maximum Gasteiger partial charge on any atom is 0.127 e. The molecule has 94 valence electrons. The van der Waals surface area contributed by atoms with Gasteiger partial charge in [-0.2, -0.15) is 0 Å². The van der Waals surface area contributed by atoms with E-state index in [9.17, 15) is 5.11 Å². The number of rotatable bonds is 3. The molecule has 0 bridgehead atoms. The van der Waals surface area contributed by atoms with E-state index in [4.69, 9.17) is 10.5 Å². The third-order valence-corrected chi connectivity index (χ3v) is 2.77. The number of anilines is 1. The number of aliphatic hydroxyl groups is 1. The molecule has 18 heavy (non-hydrogen) atoms. The molecular formula is C14H16N2O2. The fourth-order valence-electron chi connectivity index (χ4n) is 1.82. The molecule has 2 rings (SSSR count). The van der Waals surface area contributed by atoms with E-state index in [-0.39, 0.29) is 0 Å². The number of aryl methyl sites for hydroxylation is 1. The van der Waals surface area contributed by atoms with E-state index < -0.39 is 6.10 Å². The summed E-state index contributed by atoms with van der Waals surface area (Å²) in [6.07, 6.45) is 0.859. The number of nitrogens with zero attached hydrogens (tertiary/aromatic N) is 1. The van der Waals surface area contributed by atoms with Gasteiger partial charge in [0.1, 0.15) is 11.9 Å². The third kappa shape index (κ3) is 2.43. The van der Waals surface area contributed by atoms with Crippen LogP contribution >= 0.6 is 0 Å². The van der Waals surface area contributed by atoms with Crippen LogP contribution in [0.4, 0.5) is 5.69 Å². The highest BCUT2D eigenvalue weighted by atomic mass is 16.5. The molecule has 0 fully saturated rings. The van der Waals surface area contributed by atoms with Crippen LogP contribution in [-0.4, -0.2) is 17.2 Å². The number of hydrogen-bond acceptors (Lipinski definition) is 4. The number of pyridine rings is 1. The van der Waals surface area contributed by atoms with Crippen LogP contribution in [0.2, 0.25) is 0 Å². The zero-order valence-electron chi connectivity index (χ0n) is 10.4. The van der Waals surface area contributed by atoms with Gasteiger partial charge in [-0.15, -0.1) is 0 Å². The van der Waals surface area contributed by atoms with Crippen LogP contribution in [0.1, 0.15) is 22.9 Å². The summed E-state index contributed by atoms with van der Waals surface area (Å²) in [6, 6.07) is 8.91. The molecule has 3 N–H and O–H groups in total. The molecule has 1 unspecified atom stereocenters. The first-order chi connectivity index (χ1) is 8.61. The van der Waals surface area contributed by atoms with Gasteiger partial charge in [-0.05, 0) is 30.7 Å². The van der Waals surface area contributed by atoms with Crippen LogP contribution in [0, 0.1) is 6.92 Å². The molecule has 2 aromatic rings. The average Bonchev–Trinajstić information content (AvgIpc) is 2.37. The van der Waals surface area contributed by atoms with E-state index in [1.165, 1.54) is 0 Å². The summed E-state index contributed by atoms with van der Waals surface area (Å²) in [5, 5.41) is 10.3. The monoisotopic (exact) mass is 244 g/mol. The van der Waals surface area contributed by atoms with Gasteiger partial charge in [0.2, 0.25) is 0 Å². The Bertz CT molecular complexity index is 555. The highest BCUT2D eigenvalue weighted by Gasteiger charge is 2.16. The molecule has 1 heterocycles. The van der Waals surface area contributed by atoms with E-state index in [0.717, 1.165) is 5.56 Å². The number of methoxy groups -OCH3 is 1. The molecule has 4 nitrogen and oxygen atoms in total. The molecule has 0 aliphatic heterocycles. The molecule has 0 radical (unpaired) electrons. The Morgan fingerprint density at radius 3 is 2.72 bits per heavy atom. The van der Waals surface area contributed by atoms with Crippen LogP contribution in [0.3, 0.4) is 0 Å². The van der Waals surface area contributed by atoms with Gasteiger partial charge in [0.15, 0.2) is 0 Å². The van der Waals surface area contributed by atoms with Crippen LogP contribution in [-0.2, 0) is 0 Å². The van der Waals surface area contributed by atoms with Crippen molar-refractivity contribution in [3.8, 4) is 5.75 Å². The zero-order valence-corrected chi connectivity index (χ0v) is 10.4. The maximum atomic E-state index is 10.3. The highest BCUT2D eigenvalue weighted by molar-refractivity contribution is 5.50. The minimum atomic E-state index is -0.819. The molecular weight excluding hydrogens is 228 g/mol. The molecule has 0 spiro atoms. The second-order valence-corrected chi connectivity index (χ2v) is 4.16. The predicted molar refractivity (Wildman–Crippen MR) is 70.4 cm³/mol. The Kier molecular flexibility index (Phi) is 3.48.